The Morgan fingerprint density at radius 1 is 1.07 bits per heavy atom. The van der Waals surface area contributed by atoms with E-state index in [0.29, 0.717) is 40.9 Å². The molecule has 0 radical (unpaired) electrons. The largest absolute Gasteiger partial charge is 0.493 e. The van der Waals surface area contributed by atoms with Crippen LogP contribution in [0.4, 0.5) is 0 Å². The molecule has 0 amide bonds. The maximum Gasteiger partial charge on any atom is 0.243 e. The summed E-state index contributed by atoms with van der Waals surface area (Å²) in [5.41, 5.74) is 2.40. The third-order valence-electron chi connectivity index (χ3n) is 4.91. The minimum atomic E-state index is -3.72. The molecule has 0 spiro atoms. The number of nitrogens with zero attached hydrogens (tertiary/aromatic N) is 2. The van der Waals surface area contributed by atoms with Crippen LogP contribution in [0, 0.1) is 0 Å². The number of halogens is 1. The molecule has 0 saturated carbocycles. The molecule has 0 atom stereocenters. The first-order chi connectivity index (χ1) is 13.9. The molecule has 2 heterocycles. The van der Waals surface area contributed by atoms with E-state index in [1.165, 1.54) is 30.7 Å². The van der Waals surface area contributed by atoms with Crippen molar-refractivity contribution in [3.05, 3.63) is 58.7 Å². The van der Waals surface area contributed by atoms with Crippen molar-refractivity contribution < 1.29 is 22.4 Å². The molecule has 0 bridgehead atoms. The summed E-state index contributed by atoms with van der Waals surface area (Å²) < 4.78 is 43.6. The van der Waals surface area contributed by atoms with Crippen molar-refractivity contribution in [1.82, 2.24) is 9.46 Å². The van der Waals surface area contributed by atoms with Crippen LogP contribution in [0.5, 0.6) is 11.5 Å². The Morgan fingerprint density at radius 3 is 2.48 bits per heavy atom. The van der Waals surface area contributed by atoms with Crippen LogP contribution in [0.15, 0.2) is 51.9 Å². The summed E-state index contributed by atoms with van der Waals surface area (Å²) in [5.74, 6) is 1.48. The zero-order chi connectivity index (χ0) is 20.6. The van der Waals surface area contributed by atoms with Crippen LogP contribution in [0.2, 0.25) is 5.02 Å². The molecule has 152 valence electrons. The molecule has 9 heteroatoms. The van der Waals surface area contributed by atoms with E-state index in [9.17, 15) is 8.42 Å². The first-order valence-corrected chi connectivity index (χ1v) is 10.7. The smallest absolute Gasteiger partial charge is 0.243 e. The second-order valence-corrected chi connectivity index (χ2v) is 8.92. The lowest BCUT2D eigenvalue weighted by molar-refractivity contribution is 0.352. The maximum absolute atomic E-state index is 13.1. The highest BCUT2D eigenvalue weighted by Crippen LogP contribution is 2.35. The molecule has 0 unspecified atom stereocenters. The Bertz CT molecular complexity index is 1140. The predicted molar refractivity (Wildman–Crippen MR) is 108 cm³/mol. The van der Waals surface area contributed by atoms with Crippen LogP contribution < -0.4 is 9.47 Å². The molecule has 1 aromatic heterocycles. The van der Waals surface area contributed by atoms with Crippen LogP contribution >= 0.6 is 11.6 Å². The summed E-state index contributed by atoms with van der Waals surface area (Å²) >= 11 is 5.95. The SMILES string of the molecule is COc1ccc(S(=O)(=O)N2CCc3c(noc3-c3ccc(Cl)cc3)C2)cc1OC. The Balaban J connectivity index is 1.62. The maximum atomic E-state index is 13.1. The standard InChI is InChI=1S/C20H19ClN2O5S/c1-26-18-8-7-15(11-19(18)27-2)29(24,25)23-10-9-16-17(12-23)22-28-20(16)13-3-5-14(21)6-4-13/h3-8,11H,9-10,12H2,1-2H3. The van der Waals surface area contributed by atoms with Crippen LogP contribution in [0.3, 0.4) is 0 Å². The van der Waals surface area contributed by atoms with Crippen LogP contribution in [-0.4, -0.2) is 38.6 Å². The van der Waals surface area contributed by atoms with E-state index in [1.54, 1.807) is 18.2 Å². The van der Waals surface area contributed by atoms with Crippen molar-refractivity contribution in [2.45, 2.75) is 17.9 Å². The number of ether oxygens (including phenoxy) is 2. The van der Waals surface area contributed by atoms with E-state index in [1.807, 2.05) is 12.1 Å². The minimum absolute atomic E-state index is 0.139. The van der Waals surface area contributed by atoms with Crippen LogP contribution in [0.25, 0.3) is 11.3 Å². The zero-order valence-corrected chi connectivity index (χ0v) is 17.5. The highest BCUT2D eigenvalue weighted by atomic mass is 35.5. The molecule has 0 saturated heterocycles. The Kier molecular flexibility index (Phi) is 5.24. The topological polar surface area (TPSA) is 81.9 Å². The first-order valence-electron chi connectivity index (χ1n) is 8.89. The summed E-state index contributed by atoms with van der Waals surface area (Å²) in [5, 5.41) is 4.75. The van der Waals surface area contributed by atoms with Gasteiger partial charge >= 0.3 is 0 Å². The fraction of sp³-hybridized carbons (Fsp3) is 0.250. The summed E-state index contributed by atoms with van der Waals surface area (Å²) in [7, 11) is -0.756. The first kappa shape index (κ1) is 19.8. The number of hydrogen-bond donors (Lipinski definition) is 0. The summed E-state index contributed by atoms with van der Waals surface area (Å²) in [4.78, 5) is 0.139. The number of hydrogen-bond acceptors (Lipinski definition) is 6. The van der Waals surface area contributed by atoms with Gasteiger partial charge in [-0.25, -0.2) is 8.42 Å². The van der Waals surface area contributed by atoms with E-state index >= 15 is 0 Å². The van der Waals surface area contributed by atoms with E-state index in [4.69, 9.17) is 25.6 Å². The van der Waals surface area contributed by atoms with Gasteiger partial charge in [0.15, 0.2) is 17.3 Å². The Hall–Kier alpha value is -2.55. The second-order valence-electron chi connectivity index (χ2n) is 6.55. The molecule has 4 rings (SSSR count). The molecule has 1 aliphatic rings. The van der Waals surface area contributed by atoms with Gasteiger partial charge in [-0.3, -0.25) is 0 Å². The van der Waals surface area contributed by atoms with Gasteiger partial charge in [-0.2, -0.15) is 4.31 Å². The minimum Gasteiger partial charge on any atom is -0.493 e. The fourth-order valence-corrected chi connectivity index (χ4v) is 4.91. The van der Waals surface area contributed by atoms with Gasteiger partial charge in [0.2, 0.25) is 10.0 Å². The van der Waals surface area contributed by atoms with Gasteiger partial charge in [0.1, 0.15) is 5.69 Å². The van der Waals surface area contributed by atoms with E-state index in [0.717, 1.165) is 11.1 Å². The van der Waals surface area contributed by atoms with Gasteiger partial charge < -0.3 is 14.0 Å². The lowest BCUT2D eigenvalue weighted by Gasteiger charge is -2.25. The number of sulfonamides is 1. The van der Waals surface area contributed by atoms with E-state index in [2.05, 4.69) is 5.16 Å². The van der Waals surface area contributed by atoms with Gasteiger partial charge in [-0.15, -0.1) is 0 Å². The average Bonchev–Trinajstić information content (AvgIpc) is 3.17. The van der Waals surface area contributed by atoms with Crippen LogP contribution in [0.1, 0.15) is 11.3 Å². The van der Waals surface area contributed by atoms with Crippen molar-refractivity contribution in [2.24, 2.45) is 0 Å². The molecule has 0 fully saturated rings. The molecule has 0 aliphatic carbocycles. The monoisotopic (exact) mass is 434 g/mol. The third kappa shape index (κ3) is 3.59. The molecule has 3 aromatic rings. The average molecular weight is 435 g/mol. The van der Waals surface area contributed by atoms with Crippen LogP contribution in [-0.2, 0) is 23.0 Å². The fourth-order valence-electron chi connectivity index (χ4n) is 3.37. The second kappa shape index (κ2) is 7.70. The summed E-state index contributed by atoms with van der Waals surface area (Å²) in [6.07, 6.45) is 0.503. The van der Waals surface area contributed by atoms with Gasteiger partial charge in [0, 0.05) is 28.8 Å². The molecular weight excluding hydrogens is 416 g/mol. The number of rotatable bonds is 5. The molecule has 0 N–H and O–H groups in total. The quantitative estimate of drug-likeness (QED) is 0.608. The molecule has 1 aliphatic heterocycles. The zero-order valence-electron chi connectivity index (χ0n) is 15.9. The highest BCUT2D eigenvalue weighted by Gasteiger charge is 2.32. The summed E-state index contributed by atoms with van der Waals surface area (Å²) in [6.45, 7) is 0.467. The van der Waals surface area contributed by atoms with Crippen molar-refractivity contribution in [1.29, 1.82) is 0 Å². The van der Waals surface area contributed by atoms with E-state index < -0.39 is 10.0 Å². The predicted octanol–water partition coefficient (Wildman–Crippen LogP) is 3.76. The van der Waals surface area contributed by atoms with Crippen molar-refractivity contribution in [3.8, 4) is 22.8 Å². The Morgan fingerprint density at radius 2 is 1.79 bits per heavy atom. The highest BCUT2D eigenvalue weighted by molar-refractivity contribution is 7.89. The van der Waals surface area contributed by atoms with E-state index in [-0.39, 0.29) is 11.4 Å². The number of fused-ring (bicyclic) bond motifs is 1. The normalized spacial score (nSPS) is 14.4. The summed E-state index contributed by atoms with van der Waals surface area (Å²) in [6, 6.07) is 11.8. The molecular formula is C20H19ClN2O5S. The lowest BCUT2D eigenvalue weighted by atomic mass is 10.0. The van der Waals surface area contributed by atoms with Gasteiger partial charge in [0.05, 0.1) is 25.7 Å². The number of methoxy groups -OCH3 is 2. The van der Waals surface area contributed by atoms with Crippen molar-refractivity contribution >= 4 is 21.6 Å². The molecule has 7 nitrogen and oxygen atoms in total. The number of aromatic nitrogens is 1. The third-order valence-corrected chi connectivity index (χ3v) is 7.00. The van der Waals surface area contributed by atoms with Crippen molar-refractivity contribution in [3.63, 3.8) is 0 Å². The Labute approximate surface area is 173 Å². The van der Waals surface area contributed by atoms with Crippen molar-refractivity contribution in [2.75, 3.05) is 20.8 Å². The van der Waals surface area contributed by atoms with Gasteiger partial charge in [0.25, 0.3) is 0 Å². The van der Waals surface area contributed by atoms with Gasteiger partial charge in [-0.05, 0) is 42.8 Å². The lowest BCUT2D eigenvalue weighted by Crippen LogP contribution is -2.36. The molecule has 2 aromatic carbocycles. The van der Waals surface area contributed by atoms with Gasteiger partial charge in [-0.1, -0.05) is 16.8 Å². The number of benzene rings is 2. The molecule has 29 heavy (non-hydrogen) atoms.